The molecule has 0 unspecified atom stereocenters. The molecular weight excluding hydrogens is 334 g/mol. The standard InChI is InChI=1S/C17H16ClNO3S/c1-11-7-8-14(13(18)9-11)19-16(20)10-22-17(21)12-5-3-4-6-15(12)23-2/h3-9H,10H2,1-2H3,(H,19,20). The number of amides is 1. The molecule has 0 fully saturated rings. The number of ether oxygens (including phenoxy) is 1. The summed E-state index contributed by atoms with van der Waals surface area (Å²) in [6.07, 6.45) is 1.87. The number of hydrogen-bond acceptors (Lipinski definition) is 4. The zero-order valence-electron chi connectivity index (χ0n) is 12.8. The first-order valence-electron chi connectivity index (χ1n) is 6.87. The van der Waals surface area contributed by atoms with Gasteiger partial charge in [0, 0.05) is 4.90 Å². The second kappa shape index (κ2) is 8.04. The third-order valence-corrected chi connectivity index (χ3v) is 4.17. The maximum Gasteiger partial charge on any atom is 0.339 e. The van der Waals surface area contributed by atoms with E-state index in [1.807, 2.05) is 31.4 Å². The smallest absolute Gasteiger partial charge is 0.339 e. The van der Waals surface area contributed by atoms with E-state index in [1.54, 1.807) is 24.3 Å². The molecule has 1 N–H and O–H groups in total. The average molecular weight is 350 g/mol. The van der Waals surface area contributed by atoms with Gasteiger partial charge in [0.25, 0.3) is 5.91 Å². The minimum absolute atomic E-state index is 0.369. The lowest BCUT2D eigenvalue weighted by molar-refractivity contribution is -0.119. The highest BCUT2D eigenvalue weighted by Gasteiger charge is 2.14. The molecule has 4 nitrogen and oxygen atoms in total. The van der Waals surface area contributed by atoms with E-state index < -0.39 is 11.9 Å². The maximum absolute atomic E-state index is 12.1. The van der Waals surface area contributed by atoms with E-state index in [2.05, 4.69) is 5.32 Å². The van der Waals surface area contributed by atoms with Gasteiger partial charge in [0.15, 0.2) is 6.61 Å². The van der Waals surface area contributed by atoms with Crippen LogP contribution in [0, 0.1) is 6.92 Å². The monoisotopic (exact) mass is 349 g/mol. The van der Waals surface area contributed by atoms with Crippen LogP contribution in [0.1, 0.15) is 15.9 Å². The molecule has 0 spiro atoms. The van der Waals surface area contributed by atoms with Crippen LogP contribution in [0.3, 0.4) is 0 Å². The minimum atomic E-state index is -0.528. The number of halogens is 1. The third kappa shape index (κ3) is 4.74. The molecule has 6 heteroatoms. The summed E-state index contributed by atoms with van der Waals surface area (Å²) in [6, 6.07) is 12.4. The van der Waals surface area contributed by atoms with Gasteiger partial charge in [-0.15, -0.1) is 11.8 Å². The van der Waals surface area contributed by atoms with Crippen molar-refractivity contribution in [2.45, 2.75) is 11.8 Å². The summed E-state index contributed by atoms with van der Waals surface area (Å²) < 4.78 is 5.06. The van der Waals surface area contributed by atoms with Crippen LogP contribution in [0.2, 0.25) is 5.02 Å². The maximum atomic E-state index is 12.1. The molecule has 120 valence electrons. The van der Waals surface area contributed by atoms with Gasteiger partial charge in [0.2, 0.25) is 0 Å². The molecule has 0 bridgehead atoms. The molecule has 0 atom stereocenters. The average Bonchev–Trinajstić information content (AvgIpc) is 2.55. The van der Waals surface area contributed by atoms with Crippen LogP contribution in [-0.4, -0.2) is 24.7 Å². The lowest BCUT2D eigenvalue weighted by Gasteiger charge is -2.10. The highest BCUT2D eigenvalue weighted by molar-refractivity contribution is 7.98. The van der Waals surface area contributed by atoms with Crippen molar-refractivity contribution in [3.8, 4) is 0 Å². The zero-order valence-corrected chi connectivity index (χ0v) is 14.3. The molecule has 23 heavy (non-hydrogen) atoms. The van der Waals surface area contributed by atoms with Gasteiger partial charge < -0.3 is 10.1 Å². The number of hydrogen-bond donors (Lipinski definition) is 1. The topological polar surface area (TPSA) is 55.4 Å². The SMILES string of the molecule is CSc1ccccc1C(=O)OCC(=O)Nc1ccc(C)cc1Cl. The minimum Gasteiger partial charge on any atom is -0.452 e. The summed E-state index contributed by atoms with van der Waals surface area (Å²) in [6.45, 7) is 1.54. The summed E-state index contributed by atoms with van der Waals surface area (Å²) in [4.78, 5) is 24.7. The molecule has 2 aromatic rings. The molecule has 0 saturated carbocycles. The largest absolute Gasteiger partial charge is 0.452 e. The first kappa shape index (κ1) is 17.4. The molecule has 0 aliphatic carbocycles. The zero-order chi connectivity index (χ0) is 16.8. The summed E-state index contributed by atoms with van der Waals surface area (Å²) in [5.74, 6) is -0.967. The van der Waals surface area contributed by atoms with Crippen LogP contribution in [0.4, 0.5) is 5.69 Å². The van der Waals surface area contributed by atoms with Gasteiger partial charge in [-0.25, -0.2) is 4.79 Å². The number of carbonyl (C=O) groups is 2. The van der Waals surface area contributed by atoms with Crippen molar-refractivity contribution in [1.29, 1.82) is 0 Å². The number of aryl methyl sites for hydroxylation is 1. The molecule has 0 radical (unpaired) electrons. The molecule has 2 rings (SSSR count). The first-order valence-corrected chi connectivity index (χ1v) is 8.47. The van der Waals surface area contributed by atoms with Gasteiger partial charge in [0.1, 0.15) is 0 Å². The predicted octanol–water partition coefficient (Wildman–Crippen LogP) is 4.17. The van der Waals surface area contributed by atoms with Crippen LogP contribution in [-0.2, 0) is 9.53 Å². The van der Waals surface area contributed by atoms with Gasteiger partial charge in [-0.2, -0.15) is 0 Å². The second-order valence-corrected chi connectivity index (χ2v) is 6.06. The number of esters is 1. The van der Waals surface area contributed by atoms with Crippen molar-refractivity contribution in [2.24, 2.45) is 0 Å². The lowest BCUT2D eigenvalue weighted by atomic mass is 10.2. The summed E-state index contributed by atoms with van der Waals surface area (Å²) in [5, 5.41) is 3.06. The molecule has 0 aromatic heterocycles. The van der Waals surface area contributed by atoms with Crippen molar-refractivity contribution < 1.29 is 14.3 Å². The summed E-state index contributed by atoms with van der Waals surface area (Å²) >= 11 is 7.49. The normalized spacial score (nSPS) is 10.2. The van der Waals surface area contributed by atoms with Crippen molar-refractivity contribution in [1.82, 2.24) is 0 Å². The van der Waals surface area contributed by atoms with Gasteiger partial charge in [-0.3, -0.25) is 4.79 Å². The van der Waals surface area contributed by atoms with Crippen molar-refractivity contribution in [2.75, 3.05) is 18.2 Å². The number of anilines is 1. The third-order valence-electron chi connectivity index (χ3n) is 3.06. The van der Waals surface area contributed by atoms with E-state index in [0.29, 0.717) is 16.3 Å². The van der Waals surface area contributed by atoms with Crippen LogP contribution in [0.15, 0.2) is 47.4 Å². The Morgan fingerprint density at radius 2 is 1.96 bits per heavy atom. The fourth-order valence-corrected chi connectivity index (χ4v) is 2.80. The van der Waals surface area contributed by atoms with Crippen LogP contribution in [0.5, 0.6) is 0 Å². The van der Waals surface area contributed by atoms with E-state index in [4.69, 9.17) is 16.3 Å². The quantitative estimate of drug-likeness (QED) is 0.650. The second-order valence-electron chi connectivity index (χ2n) is 4.81. The number of benzene rings is 2. The van der Waals surface area contributed by atoms with E-state index in [0.717, 1.165) is 10.5 Å². The van der Waals surface area contributed by atoms with Crippen molar-refractivity contribution in [3.63, 3.8) is 0 Å². The highest BCUT2D eigenvalue weighted by Crippen LogP contribution is 2.23. The molecule has 2 aromatic carbocycles. The fraction of sp³-hybridized carbons (Fsp3) is 0.176. The number of rotatable bonds is 5. The van der Waals surface area contributed by atoms with E-state index in [-0.39, 0.29) is 6.61 Å². The Hall–Kier alpha value is -1.98. The van der Waals surface area contributed by atoms with Crippen LogP contribution in [0.25, 0.3) is 0 Å². The predicted molar refractivity (Wildman–Crippen MR) is 93.3 cm³/mol. The van der Waals surface area contributed by atoms with E-state index >= 15 is 0 Å². The molecule has 0 heterocycles. The van der Waals surface area contributed by atoms with Gasteiger partial charge >= 0.3 is 5.97 Å². The molecule has 0 aliphatic rings. The molecule has 1 amide bonds. The summed E-state index contributed by atoms with van der Waals surface area (Å²) in [5.41, 5.74) is 1.93. The Balaban J connectivity index is 1.95. The molecule has 0 aliphatic heterocycles. The van der Waals surface area contributed by atoms with Gasteiger partial charge in [0.05, 0.1) is 16.3 Å². The van der Waals surface area contributed by atoms with Crippen molar-refractivity contribution >= 4 is 40.9 Å². The Labute approximate surface area is 144 Å². The van der Waals surface area contributed by atoms with Crippen molar-refractivity contribution in [3.05, 3.63) is 58.6 Å². The van der Waals surface area contributed by atoms with E-state index in [1.165, 1.54) is 11.8 Å². The summed E-state index contributed by atoms with van der Waals surface area (Å²) in [7, 11) is 0. The Morgan fingerprint density at radius 1 is 1.22 bits per heavy atom. The highest BCUT2D eigenvalue weighted by atomic mass is 35.5. The van der Waals surface area contributed by atoms with E-state index in [9.17, 15) is 9.59 Å². The Morgan fingerprint density at radius 3 is 2.65 bits per heavy atom. The number of thioether (sulfide) groups is 1. The first-order chi connectivity index (χ1) is 11.0. The molecule has 0 saturated heterocycles. The fourth-order valence-electron chi connectivity index (χ4n) is 1.93. The van der Waals surface area contributed by atoms with Gasteiger partial charge in [-0.1, -0.05) is 29.8 Å². The Kier molecular flexibility index (Phi) is 6.07. The molecular formula is C17H16ClNO3S. The van der Waals surface area contributed by atoms with Crippen LogP contribution >= 0.6 is 23.4 Å². The van der Waals surface area contributed by atoms with Crippen LogP contribution < -0.4 is 5.32 Å². The van der Waals surface area contributed by atoms with Gasteiger partial charge in [-0.05, 0) is 43.0 Å². The number of nitrogens with one attached hydrogen (secondary N) is 1. The number of carbonyl (C=O) groups excluding carboxylic acids is 2. The Bertz CT molecular complexity index is 734. The lowest BCUT2D eigenvalue weighted by Crippen LogP contribution is -2.21.